The van der Waals surface area contributed by atoms with Gasteiger partial charge in [0, 0.05) is 12.8 Å². The van der Waals surface area contributed by atoms with Crippen LogP contribution in [0.3, 0.4) is 0 Å². The average molecular weight is 195 g/mol. The number of hydrogen-bond donors (Lipinski definition) is 1. The summed E-state index contributed by atoms with van der Waals surface area (Å²) in [7, 11) is 0. The van der Waals surface area contributed by atoms with Gasteiger partial charge in [-0.25, -0.2) is 0 Å². The molecule has 1 N–H and O–H groups in total. The van der Waals surface area contributed by atoms with E-state index in [1.807, 2.05) is 0 Å². The molecule has 2 aliphatic carbocycles. The molecule has 0 spiro atoms. The maximum atomic E-state index is 11.4. The zero-order valence-corrected chi connectivity index (χ0v) is 9.09. The molecule has 2 unspecified atom stereocenters. The summed E-state index contributed by atoms with van der Waals surface area (Å²) in [6.45, 7) is 4.40. The summed E-state index contributed by atoms with van der Waals surface area (Å²) in [5.41, 5.74) is 0. The minimum Gasteiger partial charge on any atom is -0.317 e. The molecular weight excluding hydrogens is 174 g/mol. The highest BCUT2D eigenvalue weighted by molar-refractivity contribution is 5.79. The molecule has 2 fully saturated rings. The molecule has 2 atom stereocenters. The third-order valence-electron chi connectivity index (χ3n) is 3.72. The van der Waals surface area contributed by atoms with Gasteiger partial charge < -0.3 is 5.32 Å². The van der Waals surface area contributed by atoms with Gasteiger partial charge in [0.15, 0.2) is 0 Å². The monoisotopic (exact) mass is 195 g/mol. The van der Waals surface area contributed by atoms with Crippen molar-refractivity contribution in [2.24, 2.45) is 17.8 Å². The number of ketones is 1. The van der Waals surface area contributed by atoms with Gasteiger partial charge in [0.2, 0.25) is 0 Å². The molecule has 0 radical (unpaired) electrons. The van der Waals surface area contributed by atoms with Crippen molar-refractivity contribution in [3.05, 3.63) is 0 Å². The minimum atomic E-state index is 0.521. The molecule has 14 heavy (non-hydrogen) atoms. The van der Waals surface area contributed by atoms with E-state index in [2.05, 4.69) is 12.2 Å². The fourth-order valence-corrected chi connectivity index (χ4v) is 3.28. The lowest BCUT2D eigenvalue weighted by Crippen LogP contribution is -2.35. The van der Waals surface area contributed by atoms with Crippen LogP contribution in [0.5, 0.6) is 0 Å². The zero-order valence-electron chi connectivity index (χ0n) is 9.09. The van der Waals surface area contributed by atoms with Crippen molar-refractivity contribution in [2.45, 2.75) is 39.0 Å². The van der Waals surface area contributed by atoms with Gasteiger partial charge in [-0.3, -0.25) is 4.79 Å². The van der Waals surface area contributed by atoms with E-state index in [1.54, 1.807) is 0 Å². The van der Waals surface area contributed by atoms with Crippen LogP contribution in [-0.4, -0.2) is 18.9 Å². The van der Waals surface area contributed by atoms with Crippen LogP contribution in [-0.2, 0) is 4.79 Å². The summed E-state index contributed by atoms with van der Waals surface area (Å²) in [5.74, 6) is 2.80. The zero-order chi connectivity index (χ0) is 9.97. The first-order valence-corrected chi connectivity index (χ1v) is 6.00. The maximum Gasteiger partial charge on any atom is 0.133 e. The Labute approximate surface area is 86.5 Å². The lowest BCUT2D eigenvalue weighted by molar-refractivity contribution is -0.124. The van der Waals surface area contributed by atoms with Crippen LogP contribution in [0.2, 0.25) is 0 Å². The van der Waals surface area contributed by atoms with Crippen LogP contribution in [0.25, 0.3) is 0 Å². The van der Waals surface area contributed by atoms with E-state index in [1.165, 1.54) is 19.3 Å². The van der Waals surface area contributed by atoms with E-state index in [9.17, 15) is 4.79 Å². The first-order chi connectivity index (χ1) is 6.78. The highest BCUT2D eigenvalue weighted by Gasteiger charge is 2.34. The molecule has 2 nitrogen and oxygen atoms in total. The average Bonchev–Trinajstić information content (AvgIpc) is 2.12. The van der Waals surface area contributed by atoms with Crippen LogP contribution >= 0.6 is 0 Å². The van der Waals surface area contributed by atoms with Crippen molar-refractivity contribution in [2.75, 3.05) is 13.1 Å². The van der Waals surface area contributed by atoms with Crippen LogP contribution < -0.4 is 5.32 Å². The molecule has 2 rings (SSSR count). The smallest absolute Gasteiger partial charge is 0.133 e. The van der Waals surface area contributed by atoms with Gasteiger partial charge in [0.25, 0.3) is 0 Å². The Kier molecular flexibility index (Phi) is 3.22. The molecule has 2 saturated carbocycles. The quantitative estimate of drug-likeness (QED) is 0.746. The second-order valence-corrected chi connectivity index (χ2v) is 5.06. The normalized spacial score (nSPS) is 37.2. The molecule has 2 aliphatic rings. The van der Waals surface area contributed by atoms with Crippen LogP contribution in [0.4, 0.5) is 0 Å². The molecule has 0 aliphatic heterocycles. The number of fused-ring (bicyclic) bond motifs is 2. The van der Waals surface area contributed by atoms with Crippen molar-refractivity contribution in [1.82, 2.24) is 5.32 Å². The number of hydrogen-bond acceptors (Lipinski definition) is 2. The van der Waals surface area contributed by atoms with Gasteiger partial charge in [0.1, 0.15) is 5.78 Å². The molecule has 80 valence electrons. The second kappa shape index (κ2) is 4.43. The van der Waals surface area contributed by atoms with Crippen molar-refractivity contribution in [3.8, 4) is 0 Å². The Bertz CT molecular complexity index is 198. The second-order valence-electron chi connectivity index (χ2n) is 5.06. The molecule has 2 bridgehead atoms. The Hall–Kier alpha value is -0.370. The van der Waals surface area contributed by atoms with Crippen molar-refractivity contribution >= 4 is 5.78 Å². The molecule has 0 amide bonds. The molecule has 0 aromatic carbocycles. The minimum absolute atomic E-state index is 0.521. The summed E-state index contributed by atoms with van der Waals surface area (Å²) < 4.78 is 0. The van der Waals surface area contributed by atoms with Crippen LogP contribution in [0, 0.1) is 17.8 Å². The topological polar surface area (TPSA) is 29.1 Å². The first-order valence-electron chi connectivity index (χ1n) is 6.00. The summed E-state index contributed by atoms with van der Waals surface area (Å²) in [6, 6.07) is 0. The summed E-state index contributed by atoms with van der Waals surface area (Å²) in [4.78, 5) is 11.4. The molecule has 0 aromatic heterocycles. The predicted octanol–water partition coefficient (Wildman–Crippen LogP) is 1.99. The summed E-state index contributed by atoms with van der Waals surface area (Å²) in [5, 5.41) is 3.43. The van der Waals surface area contributed by atoms with Crippen molar-refractivity contribution in [1.29, 1.82) is 0 Å². The van der Waals surface area contributed by atoms with Crippen LogP contribution in [0.15, 0.2) is 0 Å². The predicted molar refractivity (Wildman–Crippen MR) is 57.1 cm³/mol. The maximum absolute atomic E-state index is 11.4. The molecule has 0 aromatic rings. The lowest BCUT2D eigenvalue weighted by atomic mass is 9.67. The Morgan fingerprint density at radius 2 is 1.86 bits per heavy atom. The number of carbonyl (C=O) groups excluding carboxylic acids is 1. The Balaban J connectivity index is 1.85. The number of rotatable bonds is 3. The Morgan fingerprint density at radius 3 is 2.43 bits per heavy atom. The summed E-state index contributed by atoms with van der Waals surface area (Å²) in [6.07, 6.45) is 5.65. The van der Waals surface area contributed by atoms with E-state index in [0.29, 0.717) is 5.78 Å². The van der Waals surface area contributed by atoms with Gasteiger partial charge in [-0.2, -0.15) is 0 Å². The number of Topliss-reactive ketones (excluding diaryl/α,β-unsaturated/α-hetero) is 1. The fourth-order valence-electron chi connectivity index (χ4n) is 3.28. The molecular formula is C12H21NO. The van der Waals surface area contributed by atoms with E-state index in [0.717, 1.165) is 43.7 Å². The molecule has 2 heteroatoms. The molecule has 0 saturated heterocycles. The van der Waals surface area contributed by atoms with Crippen molar-refractivity contribution < 1.29 is 4.79 Å². The van der Waals surface area contributed by atoms with E-state index in [4.69, 9.17) is 0 Å². The SMILES string of the molecule is CCNCC1CC2CC(=O)CC(C1)C2. The number of nitrogens with one attached hydrogen (secondary N) is 1. The van der Waals surface area contributed by atoms with E-state index < -0.39 is 0 Å². The fraction of sp³-hybridized carbons (Fsp3) is 0.917. The van der Waals surface area contributed by atoms with Gasteiger partial charge in [-0.05, 0) is 50.1 Å². The number of carbonyl (C=O) groups is 1. The highest BCUT2D eigenvalue weighted by atomic mass is 16.1. The van der Waals surface area contributed by atoms with E-state index in [-0.39, 0.29) is 0 Å². The lowest BCUT2D eigenvalue weighted by Gasteiger charge is -2.38. The summed E-state index contributed by atoms with van der Waals surface area (Å²) >= 11 is 0. The third-order valence-corrected chi connectivity index (χ3v) is 3.72. The van der Waals surface area contributed by atoms with Gasteiger partial charge >= 0.3 is 0 Å². The molecule has 0 heterocycles. The standard InChI is InChI=1S/C12H21NO/c1-2-13-8-11-4-9-3-10(5-11)7-12(14)6-9/h9-11,13H,2-8H2,1H3. The third kappa shape index (κ3) is 2.35. The Morgan fingerprint density at radius 1 is 1.21 bits per heavy atom. The van der Waals surface area contributed by atoms with Gasteiger partial charge in [-0.15, -0.1) is 0 Å². The first kappa shape index (κ1) is 10.2. The largest absolute Gasteiger partial charge is 0.317 e. The van der Waals surface area contributed by atoms with E-state index >= 15 is 0 Å². The van der Waals surface area contributed by atoms with Crippen LogP contribution in [0.1, 0.15) is 39.0 Å². The van der Waals surface area contributed by atoms with Gasteiger partial charge in [0.05, 0.1) is 0 Å². The van der Waals surface area contributed by atoms with Gasteiger partial charge in [-0.1, -0.05) is 6.92 Å². The van der Waals surface area contributed by atoms with Crippen molar-refractivity contribution in [3.63, 3.8) is 0 Å². The highest BCUT2D eigenvalue weighted by Crippen LogP contribution is 2.40.